The van der Waals surface area contributed by atoms with Crippen molar-refractivity contribution in [2.24, 2.45) is 0 Å². The lowest BCUT2D eigenvalue weighted by Gasteiger charge is -1.69. The SMILES string of the molecule is C/[C]=C(/C)I. The van der Waals surface area contributed by atoms with Crippen molar-refractivity contribution in [3.63, 3.8) is 0 Å². The van der Waals surface area contributed by atoms with Gasteiger partial charge in [-0.05, 0) is 46.1 Å². The van der Waals surface area contributed by atoms with Crippen LogP contribution < -0.4 is 0 Å². The van der Waals surface area contributed by atoms with Crippen molar-refractivity contribution in [2.45, 2.75) is 13.8 Å². The summed E-state index contributed by atoms with van der Waals surface area (Å²) in [6, 6.07) is 0. The summed E-state index contributed by atoms with van der Waals surface area (Å²) in [5.74, 6) is 0. The van der Waals surface area contributed by atoms with E-state index in [0.717, 1.165) is 0 Å². The van der Waals surface area contributed by atoms with Crippen LogP contribution in [0, 0.1) is 6.08 Å². The Hall–Kier alpha value is 0.470. The molecule has 0 heterocycles. The highest BCUT2D eigenvalue weighted by molar-refractivity contribution is 14.1. The Balaban J connectivity index is 3.14. The number of rotatable bonds is 0. The Morgan fingerprint density at radius 2 is 2.00 bits per heavy atom. The Morgan fingerprint density at radius 3 is 2.00 bits per heavy atom. The Morgan fingerprint density at radius 1 is 1.80 bits per heavy atom. The Kier molecular flexibility index (Phi) is 2.95. The smallest absolute Gasteiger partial charge is 0.00930 e. The van der Waals surface area contributed by atoms with Crippen LogP contribution in [0.2, 0.25) is 0 Å². The topological polar surface area (TPSA) is 0 Å². The molecule has 1 heteroatoms. The van der Waals surface area contributed by atoms with Crippen molar-refractivity contribution in [1.29, 1.82) is 0 Å². The summed E-state index contributed by atoms with van der Waals surface area (Å²) in [7, 11) is 0. The predicted molar refractivity (Wildman–Crippen MR) is 32.1 cm³/mol. The van der Waals surface area contributed by atoms with Gasteiger partial charge in [0.15, 0.2) is 0 Å². The molecule has 0 bridgehead atoms. The van der Waals surface area contributed by atoms with E-state index in [-0.39, 0.29) is 0 Å². The molecule has 0 nitrogen and oxygen atoms in total. The Labute approximate surface area is 46.4 Å². The molecule has 1 radical (unpaired) electrons. The van der Waals surface area contributed by atoms with Gasteiger partial charge in [-0.15, -0.1) is 0 Å². The van der Waals surface area contributed by atoms with E-state index in [4.69, 9.17) is 0 Å². The summed E-state index contributed by atoms with van der Waals surface area (Å²) < 4.78 is 1.22. The minimum Gasteiger partial charge on any atom is -0.0492 e. The summed E-state index contributed by atoms with van der Waals surface area (Å²) in [5, 5.41) is 0. The van der Waals surface area contributed by atoms with Crippen LogP contribution in [0.1, 0.15) is 13.8 Å². The lowest BCUT2D eigenvalue weighted by Crippen LogP contribution is -1.45. The van der Waals surface area contributed by atoms with Crippen LogP contribution in [-0.2, 0) is 0 Å². The van der Waals surface area contributed by atoms with Crippen molar-refractivity contribution in [3.8, 4) is 0 Å². The maximum absolute atomic E-state index is 2.93. The first-order valence-corrected chi connectivity index (χ1v) is 2.52. The minimum atomic E-state index is 1.22. The molecule has 0 aromatic heterocycles. The molecule has 0 amide bonds. The second kappa shape index (κ2) is 2.69. The highest BCUT2D eigenvalue weighted by Crippen LogP contribution is 1.98. The van der Waals surface area contributed by atoms with E-state index in [2.05, 4.69) is 28.7 Å². The zero-order valence-electron chi connectivity index (χ0n) is 3.38. The molecule has 0 N–H and O–H groups in total. The van der Waals surface area contributed by atoms with Crippen LogP contribution in [0.4, 0.5) is 0 Å². The van der Waals surface area contributed by atoms with E-state index >= 15 is 0 Å². The van der Waals surface area contributed by atoms with Gasteiger partial charge in [-0.2, -0.15) is 0 Å². The average Bonchev–Trinajstić information content (AvgIpc) is 1.38. The maximum Gasteiger partial charge on any atom is -0.00930 e. The van der Waals surface area contributed by atoms with Gasteiger partial charge in [0.05, 0.1) is 0 Å². The number of halogens is 1. The van der Waals surface area contributed by atoms with Gasteiger partial charge in [-0.1, -0.05) is 0 Å². The van der Waals surface area contributed by atoms with Crippen molar-refractivity contribution in [2.75, 3.05) is 0 Å². The molecule has 0 saturated carbocycles. The standard InChI is InChI=1S/C4H6I/c1-3-4(2)5/h1-2H3. The van der Waals surface area contributed by atoms with Crippen molar-refractivity contribution < 1.29 is 0 Å². The molecule has 0 aliphatic rings. The van der Waals surface area contributed by atoms with E-state index in [0.29, 0.717) is 0 Å². The Bertz CT molecular complexity index is 41.6. The van der Waals surface area contributed by atoms with E-state index in [9.17, 15) is 0 Å². The molecular weight excluding hydrogens is 175 g/mol. The van der Waals surface area contributed by atoms with Crippen LogP contribution in [0.3, 0.4) is 0 Å². The largest absolute Gasteiger partial charge is 0.0492 e. The predicted octanol–water partition coefficient (Wildman–Crippen LogP) is 2.15. The quantitative estimate of drug-likeness (QED) is 0.502. The average molecular weight is 181 g/mol. The highest BCUT2D eigenvalue weighted by atomic mass is 127. The molecular formula is C4H6I. The van der Waals surface area contributed by atoms with Gasteiger partial charge in [0, 0.05) is 0 Å². The molecule has 0 aromatic rings. The molecule has 0 aliphatic heterocycles. The van der Waals surface area contributed by atoms with Crippen LogP contribution in [0.15, 0.2) is 3.58 Å². The summed E-state index contributed by atoms with van der Waals surface area (Å²) in [6.45, 7) is 3.92. The lowest BCUT2D eigenvalue weighted by molar-refractivity contribution is 1.56. The van der Waals surface area contributed by atoms with Gasteiger partial charge < -0.3 is 0 Å². The van der Waals surface area contributed by atoms with Crippen LogP contribution in [0.5, 0.6) is 0 Å². The third-order valence-electron chi connectivity index (χ3n) is 0.344. The fraction of sp³-hybridized carbons (Fsp3) is 0.500. The van der Waals surface area contributed by atoms with Gasteiger partial charge in [-0.3, -0.25) is 0 Å². The first-order chi connectivity index (χ1) is 2.27. The molecule has 29 valence electrons. The third-order valence-corrected chi connectivity index (χ3v) is 0.884. The fourth-order valence-electron chi connectivity index (χ4n) is 0. The van der Waals surface area contributed by atoms with Gasteiger partial charge in [0.2, 0.25) is 0 Å². The van der Waals surface area contributed by atoms with Gasteiger partial charge in [-0.25, -0.2) is 0 Å². The number of hydrogen-bond donors (Lipinski definition) is 0. The molecule has 5 heavy (non-hydrogen) atoms. The summed E-state index contributed by atoms with van der Waals surface area (Å²) >= 11 is 2.21. The fourth-order valence-corrected chi connectivity index (χ4v) is 0. The lowest BCUT2D eigenvalue weighted by atomic mass is 10.6. The van der Waals surface area contributed by atoms with Crippen molar-refractivity contribution >= 4 is 22.6 Å². The summed E-state index contributed by atoms with van der Waals surface area (Å²) in [5.41, 5.74) is 0. The normalized spacial score (nSPS) is 12.2. The molecule has 0 aromatic carbocycles. The van der Waals surface area contributed by atoms with Gasteiger partial charge in [0.1, 0.15) is 0 Å². The molecule has 0 unspecified atom stereocenters. The van der Waals surface area contributed by atoms with Crippen molar-refractivity contribution in [3.05, 3.63) is 9.66 Å². The second-order valence-corrected chi connectivity index (χ2v) is 2.40. The van der Waals surface area contributed by atoms with E-state index in [1.165, 1.54) is 3.58 Å². The van der Waals surface area contributed by atoms with E-state index in [1.807, 2.05) is 13.8 Å². The summed E-state index contributed by atoms with van der Waals surface area (Å²) in [4.78, 5) is 0. The van der Waals surface area contributed by atoms with E-state index < -0.39 is 0 Å². The van der Waals surface area contributed by atoms with Crippen LogP contribution in [-0.4, -0.2) is 0 Å². The first-order valence-electron chi connectivity index (χ1n) is 1.44. The number of hydrogen-bond acceptors (Lipinski definition) is 0. The minimum absolute atomic E-state index is 1.22. The van der Waals surface area contributed by atoms with Crippen LogP contribution in [0.25, 0.3) is 0 Å². The zero-order valence-corrected chi connectivity index (χ0v) is 5.54. The third kappa shape index (κ3) is 4.47. The second-order valence-electron chi connectivity index (χ2n) is 0.783. The maximum atomic E-state index is 2.93. The van der Waals surface area contributed by atoms with Crippen LogP contribution >= 0.6 is 22.6 Å². The summed E-state index contributed by atoms with van der Waals surface area (Å²) in [6.07, 6.45) is 2.93. The molecule has 0 fully saturated rings. The first kappa shape index (κ1) is 5.47. The van der Waals surface area contributed by atoms with E-state index in [1.54, 1.807) is 0 Å². The van der Waals surface area contributed by atoms with Crippen molar-refractivity contribution in [1.82, 2.24) is 0 Å². The van der Waals surface area contributed by atoms with Gasteiger partial charge in [0.25, 0.3) is 0 Å². The molecule has 0 saturated heterocycles. The highest BCUT2D eigenvalue weighted by Gasteiger charge is 1.64. The number of allylic oxidation sites excluding steroid dienone is 2. The molecule has 0 spiro atoms. The zero-order chi connectivity index (χ0) is 4.28. The molecule has 0 aliphatic carbocycles. The van der Waals surface area contributed by atoms with Gasteiger partial charge >= 0.3 is 0 Å². The molecule has 0 rings (SSSR count). The monoisotopic (exact) mass is 181 g/mol. The molecule has 0 atom stereocenters.